The van der Waals surface area contributed by atoms with Crippen molar-refractivity contribution in [3.05, 3.63) is 65.2 Å². The predicted octanol–water partition coefficient (Wildman–Crippen LogP) is 3.22. The normalized spacial score (nSPS) is 10.1. The van der Waals surface area contributed by atoms with E-state index in [4.69, 9.17) is 0 Å². The van der Waals surface area contributed by atoms with Crippen LogP contribution >= 0.6 is 0 Å². The first kappa shape index (κ1) is 14.1. The van der Waals surface area contributed by atoms with Gasteiger partial charge in [-0.3, -0.25) is 4.79 Å². The Hall–Kier alpha value is -2.29. The van der Waals surface area contributed by atoms with Crippen LogP contribution in [0.25, 0.3) is 0 Å². The lowest BCUT2D eigenvalue weighted by Gasteiger charge is -2.08. The average molecular weight is 268 g/mol. The second-order valence-electron chi connectivity index (χ2n) is 4.68. The molecule has 0 aliphatic carbocycles. The molecule has 2 aromatic rings. The molecule has 104 valence electrons. The number of hydrogen-bond donors (Lipinski definition) is 2. The Bertz CT molecular complexity index is 559. The summed E-state index contributed by atoms with van der Waals surface area (Å²) in [4.78, 5) is 11.4. The van der Waals surface area contributed by atoms with E-state index in [9.17, 15) is 4.79 Å². The fourth-order valence-corrected chi connectivity index (χ4v) is 1.98. The maximum absolute atomic E-state index is 11.4. The number of aryl methyl sites for hydroxylation is 1. The third-order valence-corrected chi connectivity index (χ3v) is 3.30. The predicted molar refractivity (Wildman–Crippen MR) is 83.0 cm³/mol. The molecule has 0 aliphatic rings. The summed E-state index contributed by atoms with van der Waals surface area (Å²) >= 11 is 0. The van der Waals surface area contributed by atoms with Gasteiger partial charge in [-0.2, -0.15) is 0 Å². The zero-order valence-electron chi connectivity index (χ0n) is 11.9. The van der Waals surface area contributed by atoms with Crippen molar-refractivity contribution in [3.8, 4) is 0 Å². The van der Waals surface area contributed by atoms with Gasteiger partial charge in [-0.25, -0.2) is 0 Å². The molecule has 0 atom stereocenters. The highest BCUT2D eigenvalue weighted by atomic mass is 16.1. The number of carbonyl (C=O) groups excluding carboxylic acids is 1. The maximum Gasteiger partial charge on any atom is 0.251 e. The van der Waals surface area contributed by atoms with Gasteiger partial charge in [0.05, 0.1) is 0 Å². The van der Waals surface area contributed by atoms with Crippen molar-refractivity contribution in [3.63, 3.8) is 0 Å². The van der Waals surface area contributed by atoms with Crippen LogP contribution in [0.5, 0.6) is 0 Å². The van der Waals surface area contributed by atoms with Crippen LogP contribution in [0.15, 0.2) is 48.5 Å². The molecule has 0 fully saturated rings. The van der Waals surface area contributed by atoms with E-state index in [0.29, 0.717) is 5.56 Å². The molecule has 0 aliphatic heterocycles. The second-order valence-corrected chi connectivity index (χ2v) is 4.68. The number of hydrogen-bond acceptors (Lipinski definition) is 2. The van der Waals surface area contributed by atoms with Gasteiger partial charge in [-0.05, 0) is 41.8 Å². The van der Waals surface area contributed by atoms with Gasteiger partial charge in [-0.15, -0.1) is 0 Å². The molecule has 0 bridgehead atoms. The van der Waals surface area contributed by atoms with E-state index in [0.717, 1.165) is 24.2 Å². The van der Waals surface area contributed by atoms with E-state index < -0.39 is 0 Å². The van der Waals surface area contributed by atoms with E-state index in [2.05, 4.69) is 41.8 Å². The summed E-state index contributed by atoms with van der Waals surface area (Å²) < 4.78 is 0. The molecule has 0 unspecified atom stereocenters. The Morgan fingerprint density at radius 2 is 1.55 bits per heavy atom. The highest BCUT2D eigenvalue weighted by Crippen LogP contribution is 2.12. The van der Waals surface area contributed by atoms with Crippen molar-refractivity contribution < 1.29 is 4.79 Å². The zero-order chi connectivity index (χ0) is 14.4. The Balaban J connectivity index is 1.94. The molecular formula is C17H20N2O. The number of benzene rings is 2. The molecular weight excluding hydrogens is 248 g/mol. The monoisotopic (exact) mass is 268 g/mol. The van der Waals surface area contributed by atoms with E-state index in [-0.39, 0.29) is 5.91 Å². The van der Waals surface area contributed by atoms with Crippen LogP contribution in [0.3, 0.4) is 0 Å². The minimum Gasteiger partial charge on any atom is -0.381 e. The first-order valence-electron chi connectivity index (χ1n) is 6.86. The van der Waals surface area contributed by atoms with Gasteiger partial charge in [0, 0.05) is 24.8 Å². The molecule has 0 saturated carbocycles. The second kappa shape index (κ2) is 6.75. The molecule has 3 nitrogen and oxygen atoms in total. The van der Waals surface area contributed by atoms with Crippen LogP contribution in [-0.4, -0.2) is 13.0 Å². The Morgan fingerprint density at radius 3 is 2.10 bits per heavy atom. The number of rotatable bonds is 5. The summed E-state index contributed by atoms with van der Waals surface area (Å²) in [6.07, 6.45) is 1.06. The summed E-state index contributed by atoms with van der Waals surface area (Å²) in [5.74, 6) is -0.0559. The lowest BCUT2D eigenvalue weighted by Crippen LogP contribution is -2.17. The van der Waals surface area contributed by atoms with Crippen molar-refractivity contribution in [2.75, 3.05) is 12.4 Å². The minimum absolute atomic E-state index is 0.0559. The van der Waals surface area contributed by atoms with Crippen LogP contribution in [0.2, 0.25) is 0 Å². The lowest BCUT2D eigenvalue weighted by atomic mass is 10.1. The standard InChI is InChI=1S/C17H20N2O/c1-3-13-6-10-16(11-7-13)19-12-14-4-8-15(9-5-14)17(20)18-2/h4-11,19H,3,12H2,1-2H3,(H,18,20). The van der Waals surface area contributed by atoms with Crippen molar-refractivity contribution >= 4 is 11.6 Å². The third-order valence-electron chi connectivity index (χ3n) is 3.30. The summed E-state index contributed by atoms with van der Waals surface area (Å²) in [5, 5.41) is 5.99. The molecule has 20 heavy (non-hydrogen) atoms. The van der Waals surface area contributed by atoms with Gasteiger partial charge >= 0.3 is 0 Å². The fraction of sp³-hybridized carbons (Fsp3) is 0.235. The van der Waals surface area contributed by atoms with E-state index in [1.165, 1.54) is 5.56 Å². The molecule has 3 heteroatoms. The molecule has 0 radical (unpaired) electrons. The highest BCUT2D eigenvalue weighted by molar-refractivity contribution is 5.93. The smallest absolute Gasteiger partial charge is 0.251 e. The molecule has 0 spiro atoms. The molecule has 2 N–H and O–H groups in total. The molecule has 0 saturated heterocycles. The van der Waals surface area contributed by atoms with Gasteiger partial charge in [0.2, 0.25) is 0 Å². The van der Waals surface area contributed by atoms with Crippen LogP contribution in [0, 0.1) is 0 Å². The largest absolute Gasteiger partial charge is 0.381 e. The van der Waals surface area contributed by atoms with Gasteiger partial charge in [0.25, 0.3) is 5.91 Å². The van der Waals surface area contributed by atoms with Crippen LogP contribution in [-0.2, 0) is 13.0 Å². The van der Waals surface area contributed by atoms with Crippen LogP contribution in [0.4, 0.5) is 5.69 Å². The van der Waals surface area contributed by atoms with Crippen molar-refractivity contribution in [2.45, 2.75) is 19.9 Å². The molecule has 1 amide bonds. The summed E-state index contributed by atoms with van der Waals surface area (Å²) in [6, 6.07) is 16.1. The lowest BCUT2D eigenvalue weighted by molar-refractivity contribution is 0.0963. The first-order valence-corrected chi connectivity index (χ1v) is 6.86. The Morgan fingerprint density at radius 1 is 0.950 bits per heavy atom. The van der Waals surface area contributed by atoms with Crippen molar-refractivity contribution in [1.82, 2.24) is 5.32 Å². The van der Waals surface area contributed by atoms with E-state index in [1.807, 2.05) is 24.3 Å². The maximum atomic E-state index is 11.4. The van der Waals surface area contributed by atoms with Gasteiger partial charge < -0.3 is 10.6 Å². The van der Waals surface area contributed by atoms with Crippen LogP contribution in [0.1, 0.15) is 28.4 Å². The quantitative estimate of drug-likeness (QED) is 0.874. The zero-order valence-corrected chi connectivity index (χ0v) is 11.9. The minimum atomic E-state index is -0.0559. The molecule has 2 aromatic carbocycles. The molecule has 2 rings (SSSR count). The summed E-state index contributed by atoms with van der Waals surface area (Å²) in [6.45, 7) is 2.90. The van der Waals surface area contributed by atoms with Gasteiger partial charge in [0.1, 0.15) is 0 Å². The third kappa shape index (κ3) is 3.60. The SMILES string of the molecule is CCc1ccc(NCc2ccc(C(=O)NC)cc2)cc1. The fourth-order valence-electron chi connectivity index (χ4n) is 1.98. The Kier molecular flexibility index (Phi) is 4.77. The van der Waals surface area contributed by atoms with E-state index >= 15 is 0 Å². The van der Waals surface area contributed by atoms with Crippen molar-refractivity contribution in [2.24, 2.45) is 0 Å². The van der Waals surface area contributed by atoms with Crippen LogP contribution < -0.4 is 10.6 Å². The number of nitrogens with one attached hydrogen (secondary N) is 2. The van der Waals surface area contributed by atoms with E-state index in [1.54, 1.807) is 7.05 Å². The average Bonchev–Trinajstić information content (AvgIpc) is 2.53. The van der Waals surface area contributed by atoms with Gasteiger partial charge in [0.15, 0.2) is 0 Å². The first-order chi connectivity index (χ1) is 9.72. The van der Waals surface area contributed by atoms with Gasteiger partial charge in [-0.1, -0.05) is 31.2 Å². The highest BCUT2D eigenvalue weighted by Gasteiger charge is 2.02. The number of carbonyl (C=O) groups is 1. The molecule has 0 aromatic heterocycles. The van der Waals surface area contributed by atoms with Crippen molar-refractivity contribution in [1.29, 1.82) is 0 Å². The number of amides is 1. The topological polar surface area (TPSA) is 41.1 Å². The summed E-state index contributed by atoms with van der Waals surface area (Å²) in [7, 11) is 1.64. The summed E-state index contributed by atoms with van der Waals surface area (Å²) in [5.41, 5.74) is 4.28. The Labute approximate surface area is 120 Å². The number of anilines is 1. The molecule has 0 heterocycles.